The number of nitrogens with zero attached hydrogens (tertiary/aromatic N) is 2. The van der Waals surface area contributed by atoms with Gasteiger partial charge in [0, 0.05) is 41.3 Å². The van der Waals surface area contributed by atoms with E-state index in [4.69, 9.17) is 0 Å². The lowest BCUT2D eigenvalue weighted by atomic mass is 9.94. The average Bonchev–Trinajstić information content (AvgIpc) is 3.54. The SMILES string of the molecule is CC.CC1CCc2cc(F)c(F)c3ccn1c23.CNC.CNC1Cc2cc(F)c(F)c3ccn(c23)[C@H]1C. The average molecular weight is 519 g/mol. The second-order valence-corrected chi connectivity index (χ2v) is 9.36. The molecule has 0 fully saturated rings. The molecule has 2 N–H and O–H groups in total. The third-order valence-electron chi connectivity index (χ3n) is 7.07. The summed E-state index contributed by atoms with van der Waals surface area (Å²) in [6, 6.07) is 6.85. The molecule has 4 aromatic rings. The molecule has 0 radical (unpaired) electrons. The first-order valence-corrected chi connectivity index (χ1v) is 12.9. The topological polar surface area (TPSA) is 33.9 Å². The van der Waals surface area contributed by atoms with Gasteiger partial charge in [0.1, 0.15) is 0 Å². The lowest BCUT2D eigenvalue weighted by molar-refractivity contribution is 0.381. The fraction of sp³-hybridized carbons (Fsp3) is 0.448. The van der Waals surface area contributed by atoms with E-state index in [-0.39, 0.29) is 12.1 Å². The molecule has 37 heavy (non-hydrogen) atoms. The fourth-order valence-corrected chi connectivity index (χ4v) is 5.25. The molecule has 6 rings (SSSR count). The summed E-state index contributed by atoms with van der Waals surface area (Å²) in [7, 11) is 5.65. The maximum atomic E-state index is 13.7. The molecule has 0 bridgehead atoms. The van der Waals surface area contributed by atoms with E-state index in [0.717, 1.165) is 41.4 Å². The molecule has 4 nitrogen and oxygen atoms in total. The van der Waals surface area contributed by atoms with E-state index in [1.807, 2.05) is 56.5 Å². The highest BCUT2D eigenvalue weighted by atomic mass is 19.2. The Morgan fingerprint density at radius 3 is 1.81 bits per heavy atom. The first kappa shape index (κ1) is 28.7. The Hall–Kier alpha value is -2.84. The van der Waals surface area contributed by atoms with E-state index < -0.39 is 23.3 Å². The fourth-order valence-electron chi connectivity index (χ4n) is 5.25. The Morgan fingerprint density at radius 1 is 0.784 bits per heavy atom. The van der Waals surface area contributed by atoms with Gasteiger partial charge in [-0.25, -0.2) is 17.6 Å². The van der Waals surface area contributed by atoms with E-state index in [2.05, 4.69) is 24.5 Å². The zero-order valence-electron chi connectivity index (χ0n) is 22.7. The van der Waals surface area contributed by atoms with E-state index in [1.54, 1.807) is 12.1 Å². The lowest BCUT2D eigenvalue weighted by Gasteiger charge is -2.31. The van der Waals surface area contributed by atoms with Gasteiger partial charge in [0.15, 0.2) is 23.3 Å². The van der Waals surface area contributed by atoms with Crippen molar-refractivity contribution in [1.82, 2.24) is 19.8 Å². The monoisotopic (exact) mass is 518 g/mol. The molecule has 2 aromatic carbocycles. The Balaban J connectivity index is 0.000000176. The quantitative estimate of drug-likeness (QED) is 0.269. The van der Waals surface area contributed by atoms with E-state index >= 15 is 0 Å². The summed E-state index contributed by atoms with van der Waals surface area (Å²) < 4.78 is 57.9. The molecule has 0 spiro atoms. The van der Waals surface area contributed by atoms with Gasteiger partial charge in [0.05, 0.1) is 11.0 Å². The van der Waals surface area contributed by atoms with Crippen molar-refractivity contribution < 1.29 is 17.6 Å². The minimum Gasteiger partial charge on any atom is -0.344 e. The molecule has 0 amide bonds. The molecule has 2 aliphatic heterocycles. The lowest BCUT2D eigenvalue weighted by Crippen LogP contribution is -2.38. The Morgan fingerprint density at radius 2 is 1.27 bits per heavy atom. The van der Waals surface area contributed by atoms with Crippen molar-refractivity contribution in [1.29, 1.82) is 0 Å². The maximum Gasteiger partial charge on any atom is 0.168 e. The highest BCUT2D eigenvalue weighted by molar-refractivity contribution is 5.85. The molecule has 2 unspecified atom stereocenters. The normalized spacial score (nSPS) is 19.4. The van der Waals surface area contributed by atoms with Gasteiger partial charge in [-0.05, 0) is 89.6 Å². The van der Waals surface area contributed by atoms with Crippen molar-refractivity contribution in [3.05, 3.63) is 71.1 Å². The zero-order chi connectivity index (χ0) is 27.4. The summed E-state index contributed by atoms with van der Waals surface area (Å²) >= 11 is 0. The van der Waals surface area contributed by atoms with Gasteiger partial charge in [0.2, 0.25) is 0 Å². The standard InChI is InChI=1S/C13H14F2N2.C12H11F2N.C2H7N.C2H6/c1-7-11(16-2)6-8-5-10(14)12(15)9-3-4-17(7)13(8)9;1-7-2-3-8-6-10(13)11(14)9-4-5-15(7)12(8)9;1-3-2;1-2/h3-5,7,11,16H,6H2,1-2H3;4-7H,2-3H2,1H3;3H,1-2H3;1-2H3/t7-,11?;;;/m0.../s1. The second kappa shape index (κ2) is 12.1. The van der Waals surface area contributed by atoms with Crippen LogP contribution >= 0.6 is 0 Å². The van der Waals surface area contributed by atoms with Crippen LogP contribution in [0.25, 0.3) is 21.8 Å². The van der Waals surface area contributed by atoms with Gasteiger partial charge in [-0.15, -0.1) is 0 Å². The Labute approximate surface area is 216 Å². The van der Waals surface area contributed by atoms with Crippen LogP contribution in [-0.4, -0.2) is 36.3 Å². The Bertz CT molecular complexity index is 1360. The maximum absolute atomic E-state index is 13.7. The first-order valence-electron chi connectivity index (χ1n) is 12.9. The van der Waals surface area contributed by atoms with Crippen molar-refractivity contribution in [3.8, 4) is 0 Å². The van der Waals surface area contributed by atoms with Crippen molar-refractivity contribution >= 4 is 21.8 Å². The molecule has 0 saturated heterocycles. The molecule has 0 aliphatic carbocycles. The Kier molecular flexibility index (Phi) is 9.42. The third kappa shape index (κ3) is 5.27. The number of hydrogen-bond acceptors (Lipinski definition) is 2. The summed E-state index contributed by atoms with van der Waals surface area (Å²) in [5, 5.41) is 6.78. The number of likely N-dealkylation sites (N-methyl/N-ethyl adjacent to an activating group) is 1. The van der Waals surface area contributed by atoms with Gasteiger partial charge < -0.3 is 19.8 Å². The molecule has 3 atom stereocenters. The van der Waals surface area contributed by atoms with Crippen molar-refractivity contribution in [2.75, 3.05) is 21.1 Å². The van der Waals surface area contributed by atoms with Crippen molar-refractivity contribution in [3.63, 3.8) is 0 Å². The number of nitrogens with one attached hydrogen (secondary N) is 2. The highest BCUT2D eigenvalue weighted by Crippen LogP contribution is 2.35. The molecular weight excluding hydrogens is 480 g/mol. The van der Waals surface area contributed by atoms with Crippen LogP contribution in [0.5, 0.6) is 0 Å². The second-order valence-electron chi connectivity index (χ2n) is 9.36. The summed E-state index contributed by atoms with van der Waals surface area (Å²) in [5.41, 5.74) is 3.50. The largest absolute Gasteiger partial charge is 0.344 e. The predicted octanol–water partition coefficient (Wildman–Crippen LogP) is 6.91. The minimum absolute atomic E-state index is 0.245. The molecule has 0 saturated carbocycles. The summed E-state index contributed by atoms with van der Waals surface area (Å²) in [4.78, 5) is 0. The molecule has 2 aliphatic rings. The minimum atomic E-state index is -0.755. The van der Waals surface area contributed by atoms with Gasteiger partial charge in [-0.1, -0.05) is 13.8 Å². The number of hydrogen-bond donors (Lipinski definition) is 2. The van der Waals surface area contributed by atoms with Crippen LogP contribution in [0.3, 0.4) is 0 Å². The van der Waals surface area contributed by atoms with Gasteiger partial charge in [0.25, 0.3) is 0 Å². The summed E-state index contributed by atoms with van der Waals surface area (Å²) in [6.45, 7) is 8.19. The molecule has 8 heteroatoms. The zero-order valence-corrected chi connectivity index (χ0v) is 22.7. The third-order valence-corrected chi connectivity index (χ3v) is 7.07. The predicted molar refractivity (Wildman–Crippen MR) is 144 cm³/mol. The van der Waals surface area contributed by atoms with Gasteiger partial charge in [-0.2, -0.15) is 0 Å². The summed E-state index contributed by atoms with van der Waals surface area (Å²) in [5.74, 6) is -2.95. The van der Waals surface area contributed by atoms with Crippen LogP contribution in [0.2, 0.25) is 0 Å². The first-order chi connectivity index (χ1) is 17.7. The number of aromatic nitrogens is 2. The van der Waals surface area contributed by atoms with Crippen molar-refractivity contribution in [2.24, 2.45) is 0 Å². The van der Waals surface area contributed by atoms with Gasteiger partial charge >= 0.3 is 0 Å². The van der Waals surface area contributed by atoms with E-state index in [1.165, 1.54) is 12.1 Å². The van der Waals surface area contributed by atoms with Crippen LogP contribution in [0.1, 0.15) is 57.3 Å². The van der Waals surface area contributed by atoms with Crippen LogP contribution in [0.15, 0.2) is 36.7 Å². The van der Waals surface area contributed by atoms with Crippen LogP contribution in [0, 0.1) is 23.3 Å². The van der Waals surface area contributed by atoms with Gasteiger partial charge in [-0.3, -0.25) is 0 Å². The molecular formula is C29H38F4N4. The number of benzene rings is 2. The number of rotatable bonds is 1. The van der Waals surface area contributed by atoms with E-state index in [9.17, 15) is 17.6 Å². The summed E-state index contributed by atoms with van der Waals surface area (Å²) in [6.07, 6.45) is 6.24. The molecule has 4 heterocycles. The molecule has 202 valence electrons. The number of aryl methyl sites for hydroxylation is 1. The van der Waals surface area contributed by atoms with Crippen LogP contribution < -0.4 is 10.6 Å². The highest BCUT2D eigenvalue weighted by Gasteiger charge is 2.28. The molecule has 2 aromatic heterocycles. The van der Waals surface area contributed by atoms with Crippen molar-refractivity contribution in [2.45, 2.75) is 65.1 Å². The smallest absolute Gasteiger partial charge is 0.168 e. The van der Waals surface area contributed by atoms with E-state index in [0.29, 0.717) is 16.8 Å². The number of halogens is 4. The van der Waals surface area contributed by atoms with Crippen LogP contribution in [-0.2, 0) is 12.8 Å². The van der Waals surface area contributed by atoms with Crippen LogP contribution in [0.4, 0.5) is 17.6 Å².